The Morgan fingerprint density at radius 1 is 1.53 bits per heavy atom. The number of nitrogens with one attached hydrogen (secondary N) is 1. The zero-order chi connectivity index (χ0) is 11.3. The van der Waals surface area contributed by atoms with Gasteiger partial charge in [0.2, 0.25) is 5.91 Å². The molecule has 86 valence electrons. The van der Waals surface area contributed by atoms with Crippen LogP contribution in [-0.2, 0) is 4.79 Å². The van der Waals surface area contributed by atoms with Gasteiger partial charge in [0, 0.05) is 6.42 Å². The molecule has 1 aliphatic rings. The maximum absolute atomic E-state index is 11.5. The van der Waals surface area contributed by atoms with Crippen LogP contribution >= 0.6 is 23.5 Å². The van der Waals surface area contributed by atoms with Crippen LogP contribution in [0.25, 0.3) is 0 Å². The lowest BCUT2D eigenvalue weighted by Gasteiger charge is -2.21. The van der Waals surface area contributed by atoms with Crippen LogP contribution in [0.2, 0.25) is 0 Å². The molecular formula is C10H18N2OS2. The highest BCUT2D eigenvalue weighted by Gasteiger charge is 2.19. The monoisotopic (exact) mass is 246 g/mol. The van der Waals surface area contributed by atoms with Crippen molar-refractivity contribution in [3.05, 3.63) is 0 Å². The second kappa shape index (κ2) is 6.43. The van der Waals surface area contributed by atoms with Gasteiger partial charge in [-0.15, -0.1) is 11.8 Å². The molecule has 1 N–H and O–H groups in total. The fraction of sp³-hybridized carbons (Fsp3) is 0.800. The van der Waals surface area contributed by atoms with E-state index in [0.29, 0.717) is 11.0 Å². The summed E-state index contributed by atoms with van der Waals surface area (Å²) < 4.78 is 0.471. The van der Waals surface area contributed by atoms with Crippen LogP contribution in [0.4, 0.5) is 0 Å². The van der Waals surface area contributed by atoms with Gasteiger partial charge in [0.25, 0.3) is 0 Å². The van der Waals surface area contributed by atoms with Crippen molar-refractivity contribution in [2.75, 3.05) is 0 Å². The zero-order valence-corrected chi connectivity index (χ0v) is 11.1. The Balaban J connectivity index is 2.40. The zero-order valence-electron chi connectivity index (χ0n) is 9.45. The van der Waals surface area contributed by atoms with Gasteiger partial charge in [-0.25, -0.2) is 4.99 Å². The summed E-state index contributed by atoms with van der Waals surface area (Å²) in [4.78, 5) is 15.9. The number of hydrogen-bond donors (Lipinski definition) is 1. The molecule has 2 atom stereocenters. The topological polar surface area (TPSA) is 41.5 Å². The Labute approximate surface area is 99.9 Å². The molecule has 1 amide bonds. The highest BCUT2D eigenvalue weighted by atomic mass is 32.2. The van der Waals surface area contributed by atoms with Crippen molar-refractivity contribution in [3.8, 4) is 0 Å². The van der Waals surface area contributed by atoms with Gasteiger partial charge in [-0.05, 0) is 20.3 Å². The van der Waals surface area contributed by atoms with Crippen LogP contribution in [0.5, 0.6) is 0 Å². The molecule has 0 radical (unpaired) electrons. The predicted octanol–water partition coefficient (Wildman–Crippen LogP) is 2.82. The minimum atomic E-state index is 0.0920. The lowest BCUT2D eigenvalue weighted by molar-refractivity contribution is -0.119. The van der Waals surface area contributed by atoms with E-state index in [-0.39, 0.29) is 11.3 Å². The first-order chi connectivity index (χ1) is 7.11. The molecule has 0 saturated heterocycles. The summed E-state index contributed by atoms with van der Waals surface area (Å²) in [5.74, 6) is 0.0920. The van der Waals surface area contributed by atoms with Crippen LogP contribution in [0.3, 0.4) is 0 Å². The number of hydrogen-bond acceptors (Lipinski definition) is 4. The van der Waals surface area contributed by atoms with E-state index in [1.807, 2.05) is 11.8 Å². The average Bonchev–Trinajstić information content (AvgIpc) is 2.13. The Hall–Kier alpha value is -0.160. The number of thioether (sulfide) groups is 2. The van der Waals surface area contributed by atoms with E-state index in [9.17, 15) is 4.79 Å². The smallest absolute Gasteiger partial charge is 0.225 e. The molecule has 0 aliphatic carbocycles. The second-order valence-corrected chi connectivity index (χ2v) is 6.80. The molecular weight excluding hydrogens is 228 g/mol. The summed E-state index contributed by atoms with van der Waals surface area (Å²) in [6.45, 7) is 6.28. The third-order valence-corrected chi connectivity index (χ3v) is 4.24. The summed E-state index contributed by atoms with van der Waals surface area (Å²) in [7, 11) is 0. The Kier molecular flexibility index (Phi) is 5.53. The second-order valence-electron chi connectivity index (χ2n) is 3.51. The van der Waals surface area contributed by atoms with Crippen molar-refractivity contribution in [2.24, 2.45) is 4.99 Å². The van der Waals surface area contributed by atoms with Gasteiger partial charge in [-0.3, -0.25) is 4.79 Å². The third-order valence-electron chi connectivity index (χ3n) is 1.97. The normalized spacial score (nSPS) is 25.9. The van der Waals surface area contributed by atoms with Gasteiger partial charge in [0.15, 0.2) is 5.17 Å². The molecule has 0 aromatic heterocycles. The first kappa shape index (κ1) is 12.9. The molecule has 0 fully saturated rings. The molecule has 0 bridgehead atoms. The van der Waals surface area contributed by atoms with Gasteiger partial charge < -0.3 is 5.32 Å². The molecule has 0 aromatic rings. The van der Waals surface area contributed by atoms with E-state index in [2.05, 4.69) is 31.1 Å². The number of unbranched alkanes of at least 4 members (excludes halogenated alkanes) is 1. The predicted molar refractivity (Wildman–Crippen MR) is 69.2 cm³/mol. The lowest BCUT2D eigenvalue weighted by Crippen LogP contribution is -2.31. The molecule has 1 rings (SSSR count). The van der Waals surface area contributed by atoms with Crippen LogP contribution in [0.1, 0.15) is 40.0 Å². The van der Waals surface area contributed by atoms with Crippen LogP contribution in [-0.4, -0.2) is 21.0 Å². The molecule has 0 aromatic carbocycles. The maximum Gasteiger partial charge on any atom is 0.225 e. The summed E-state index contributed by atoms with van der Waals surface area (Å²) in [6.07, 6.45) is 2.60. The van der Waals surface area contributed by atoms with Crippen molar-refractivity contribution in [3.63, 3.8) is 0 Å². The first-order valence-electron chi connectivity index (χ1n) is 5.31. The van der Waals surface area contributed by atoms with Crippen molar-refractivity contribution in [1.29, 1.82) is 0 Å². The molecule has 15 heavy (non-hydrogen) atoms. The fourth-order valence-electron chi connectivity index (χ4n) is 1.27. The molecule has 1 aliphatic heterocycles. The van der Waals surface area contributed by atoms with E-state index < -0.39 is 0 Å². The number of aliphatic imine (C=N–C) groups is 1. The molecule has 2 unspecified atom stereocenters. The van der Waals surface area contributed by atoms with E-state index in [1.165, 1.54) is 0 Å². The van der Waals surface area contributed by atoms with Gasteiger partial charge in [-0.2, -0.15) is 0 Å². The minimum Gasteiger partial charge on any atom is -0.305 e. The molecule has 3 nitrogen and oxygen atoms in total. The molecule has 1 heterocycles. The van der Waals surface area contributed by atoms with Crippen LogP contribution in [0.15, 0.2) is 4.99 Å². The van der Waals surface area contributed by atoms with Crippen molar-refractivity contribution >= 4 is 34.6 Å². The minimum absolute atomic E-state index is 0.0920. The largest absolute Gasteiger partial charge is 0.305 e. The number of amidine groups is 1. The number of rotatable bonds is 3. The summed E-state index contributed by atoms with van der Waals surface area (Å²) in [6, 6.07) is 0. The quantitative estimate of drug-likeness (QED) is 0.832. The first-order valence-corrected chi connectivity index (χ1v) is 7.13. The SMILES string of the molecule is CCCCC(=O)NC1=NC(C)SC(C)S1. The van der Waals surface area contributed by atoms with Gasteiger partial charge in [-0.1, -0.05) is 25.1 Å². The highest BCUT2D eigenvalue weighted by Crippen LogP contribution is 2.32. The van der Waals surface area contributed by atoms with Crippen LogP contribution < -0.4 is 5.32 Å². The van der Waals surface area contributed by atoms with E-state index in [4.69, 9.17) is 0 Å². The lowest BCUT2D eigenvalue weighted by atomic mass is 10.2. The summed E-state index contributed by atoms with van der Waals surface area (Å²) in [5, 5.41) is 3.91. The Morgan fingerprint density at radius 3 is 2.87 bits per heavy atom. The maximum atomic E-state index is 11.5. The average molecular weight is 246 g/mol. The van der Waals surface area contributed by atoms with Gasteiger partial charge in [0.1, 0.15) is 0 Å². The number of carbonyl (C=O) groups is 1. The number of amides is 1. The van der Waals surface area contributed by atoms with Gasteiger partial charge >= 0.3 is 0 Å². The Bertz CT molecular complexity index is 256. The van der Waals surface area contributed by atoms with Crippen LogP contribution in [0, 0.1) is 0 Å². The number of carbonyl (C=O) groups excluding carboxylic acids is 1. The van der Waals surface area contributed by atoms with Crippen molar-refractivity contribution in [1.82, 2.24) is 5.32 Å². The molecule has 0 spiro atoms. The fourth-order valence-corrected chi connectivity index (χ4v) is 3.74. The Morgan fingerprint density at radius 2 is 2.27 bits per heavy atom. The van der Waals surface area contributed by atoms with E-state index in [1.54, 1.807) is 11.8 Å². The standard InChI is InChI=1S/C10H18N2OS2/c1-4-5-6-9(13)12-10-11-7(2)14-8(3)15-10/h7-8H,4-6H2,1-3H3,(H,11,12,13). The van der Waals surface area contributed by atoms with Gasteiger partial charge in [0.05, 0.1) is 9.96 Å². The third kappa shape index (κ3) is 4.93. The number of nitrogens with zero attached hydrogens (tertiary/aromatic N) is 1. The highest BCUT2D eigenvalue weighted by molar-refractivity contribution is 8.25. The molecule has 0 saturated carbocycles. The van der Waals surface area contributed by atoms with Crippen molar-refractivity contribution < 1.29 is 4.79 Å². The van der Waals surface area contributed by atoms with Crippen molar-refractivity contribution in [2.45, 2.75) is 50.0 Å². The summed E-state index contributed by atoms with van der Waals surface area (Å²) in [5.41, 5.74) is 0. The summed E-state index contributed by atoms with van der Waals surface area (Å²) >= 11 is 3.45. The van der Waals surface area contributed by atoms with E-state index in [0.717, 1.165) is 18.0 Å². The molecule has 5 heteroatoms. The van der Waals surface area contributed by atoms with E-state index >= 15 is 0 Å².